The maximum atomic E-state index is 13.2. The van der Waals surface area contributed by atoms with E-state index in [1.807, 2.05) is 0 Å². The van der Waals surface area contributed by atoms with Crippen LogP contribution in [0.2, 0.25) is 0 Å². The number of rotatable bonds is 3. The lowest BCUT2D eigenvalue weighted by molar-refractivity contribution is 0.0698. The monoisotopic (exact) mass is 283 g/mol. The topological polar surface area (TPSA) is 59.4 Å². The van der Waals surface area contributed by atoms with Gasteiger partial charge in [-0.05, 0) is 18.2 Å². The van der Waals surface area contributed by atoms with Crippen LogP contribution in [0.4, 0.5) is 4.39 Å². The van der Waals surface area contributed by atoms with Crippen LogP contribution in [0.5, 0.6) is 11.6 Å². The Morgan fingerprint density at radius 1 is 1.10 bits per heavy atom. The molecule has 0 saturated carbocycles. The Hall–Kier alpha value is -2.95. The van der Waals surface area contributed by atoms with E-state index >= 15 is 0 Å². The van der Waals surface area contributed by atoms with E-state index in [0.29, 0.717) is 16.5 Å². The van der Waals surface area contributed by atoms with Gasteiger partial charge in [-0.3, -0.25) is 0 Å². The van der Waals surface area contributed by atoms with Crippen LogP contribution in [0.25, 0.3) is 10.8 Å². The first-order chi connectivity index (χ1) is 10.1. The van der Waals surface area contributed by atoms with E-state index in [-0.39, 0.29) is 11.4 Å². The molecule has 0 unspecified atom stereocenters. The van der Waals surface area contributed by atoms with Crippen molar-refractivity contribution in [2.45, 2.75) is 0 Å². The number of benzene rings is 2. The highest BCUT2D eigenvalue weighted by Crippen LogP contribution is 2.29. The number of hydrogen-bond acceptors (Lipinski definition) is 3. The van der Waals surface area contributed by atoms with Crippen LogP contribution in [0.1, 0.15) is 10.4 Å². The van der Waals surface area contributed by atoms with Gasteiger partial charge in [-0.25, -0.2) is 14.2 Å². The molecule has 0 aliphatic rings. The smallest absolute Gasteiger partial charge is 0.337 e. The number of aromatic carboxylic acids is 1. The molecule has 0 amide bonds. The van der Waals surface area contributed by atoms with E-state index in [1.54, 1.807) is 30.3 Å². The third-order valence-electron chi connectivity index (χ3n) is 3.00. The summed E-state index contributed by atoms with van der Waals surface area (Å²) < 4.78 is 18.7. The molecule has 0 aliphatic heterocycles. The van der Waals surface area contributed by atoms with Crippen LogP contribution >= 0.6 is 0 Å². The molecule has 3 aromatic rings. The summed E-state index contributed by atoms with van der Waals surface area (Å²) in [5.74, 6) is -0.938. The predicted molar refractivity (Wildman–Crippen MR) is 75.2 cm³/mol. The normalized spacial score (nSPS) is 10.5. The Bertz CT molecular complexity index is 833. The van der Waals surface area contributed by atoms with E-state index < -0.39 is 11.8 Å². The Kier molecular flexibility index (Phi) is 3.23. The van der Waals surface area contributed by atoms with E-state index in [2.05, 4.69) is 4.98 Å². The number of aromatic nitrogens is 1. The highest BCUT2D eigenvalue weighted by Gasteiger charge is 2.13. The van der Waals surface area contributed by atoms with Crippen LogP contribution in [0.3, 0.4) is 0 Å². The fraction of sp³-hybridized carbons (Fsp3) is 0. The van der Waals surface area contributed by atoms with Gasteiger partial charge >= 0.3 is 5.97 Å². The quantitative estimate of drug-likeness (QED) is 0.792. The minimum Gasteiger partial charge on any atom is -0.478 e. The summed E-state index contributed by atoms with van der Waals surface area (Å²) in [6.07, 6.45) is 1.24. The molecule has 0 aliphatic carbocycles. The van der Waals surface area contributed by atoms with Gasteiger partial charge in [-0.2, -0.15) is 0 Å². The molecule has 104 valence electrons. The molecule has 2 aromatic carbocycles. The Balaban J connectivity index is 2.12. The van der Waals surface area contributed by atoms with E-state index in [4.69, 9.17) is 9.84 Å². The third-order valence-corrected chi connectivity index (χ3v) is 3.00. The second-order valence-corrected chi connectivity index (χ2v) is 4.39. The number of halogens is 1. The third kappa shape index (κ3) is 2.53. The molecule has 0 saturated heterocycles. The first-order valence-electron chi connectivity index (χ1n) is 6.19. The SMILES string of the molecule is O=C(O)c1cnc(Oc2cccc(F)c2)c2ccccc12. The molecule has 0 bridgehead atoms. The fourth-order valence-corrected chi connectivity index (χ4v) is 2.06. The van der Waals surface area contributed by atoms with E-state index in [1.165, 1.54) is 24.4 Å². The van der Waals surface area contributed by atoms with Crippen LogP contribution in [0, 0.1) is 5.82 Å². The molecule has 1 N–H and O–H groups in total. The summed E-state index contributed by atoms with van der Waals surface area (Å²) in [5, 5.41) is 10.2. The fourth-order valence-electron chi connectivity index (χ4n) is 2.06. The molecular formula is C16H10FNO3. The number of nitrogens with zero attached hydrogens (tertiary/aromatic N) is 1. The van der Waals surface area contributed by atoms with Crippen molar-refractivity contribution in [2.24, 2.45) is 0 Å². The van der Waals surface area contributed by atoms with Gasteiger partial charge in [0.25, 0.3) is 0 Å². The standard InChI is InChI=1S/C16H10FNO3/c17-10-4-3-5-11(8-10)21-15-13-7-2-1-6-12(13)14(9-18-15)16(19)20/h1-9H,(H,19,20). The van der Waals surface area contributed by atoms with Gasteiger partial charge in [-0.15, -0.1) is 0 Å². The van der Waals surface area contributed by atoms with Crippen molar-refractivity contribution in [2.75, 3.05) is 0 Å². The number of carbonyl (C=O) groups is 1. The number of ether oxygens (including phenoxy) is 1. The summed E-state index contributed by atoms with van der Waals surface area (Å²) in [4.78, 5) is 15.2. The molecular weight excluding hydrogens is 273 g/mol. The maximum Gasteiger partial charge on any atom is 0.337 e. The highest BCUT2D eigenvalue weighted by atomic mass is 19.1. The molecule has 1 aromatic heterocycles. The predicted octanol–water partition coefficient (Wildman–Crippen LogP) is 3.86. The summed E-state index contributed by atoms with van der Waals surface area (Å²) in [6.45, 7) is 0. The van der Waals surface area contributed by atoms with Crippen molar-refractivity contribution in [3.05, 3.63) is 66.1 Å². The average molecular weight is 283 g/mol. The van der Waals surface area contributed by atoms with Crippen molar-refractivity contribution in [3.63, 3.8) is 0 Å². The van der Waals surface area contributed by atoms with Gasteiger partial charge in [0.1, 0.15) is 11.6 Å². The van der Waals surface area contributed by atoms with Gasteiger partial charge in [0, 0.05) is 23.0 Å². The van der Waals surface area contributed by atoms with Crippen LogP contribution in [-0.2, 0) is 0 Å². The van der Waals surface area contributed by atoms with E-state index in [9.17, 15) is 9.18 Å². The van der Waals surface area contributed by atoms with Crippen LogP contribution in [-0.4, -0.2) is 16.1 Å². The molecule has 5 heteroatoms. The van der Waals surface area contributed by atoms with Crippen molar-refractivity contribution in [1.29, 1.82) is 0 Å². The molecule has 1 heterocycles. The summed E-state index contributed by atoms with van der Waals surface area (Å²) in [7, 11) is 0. The zero-order valence-corrected chi connectivity index (χ0v) is 10.8. The lowest BCUT2D eigenvalue weighted by Crippen LogP contribution is -2.00. The number of carboxylic acid groups (broad SMARTS) is 1. The van der Waals surface area contributed by atoms with Gasteiger partial charge < -0.3 is 9.84 Å². The first-order valence-corrected chi connectivity index (χ1v) is 6.19. The highest BCUT2D eigenvalue weighted by molar-refractivity contribution is 6.04. The van der Waals surface area contributed by atoms with Crippen molar-refractivity contribution >= 4 is 16.7 Å². The first kappa shape index (κ1) is 13.1. The van der Waals surface area contributed by atoms with Gasteiger partial charge in [0.05, 0.1) is 5.56 Å². The summed E-state index contributed by atoms with van der Waals surface area (Å²) in [5.41, 5.74) is 0.0946. The van der Waals surface area contributed by atoms with Gasteiger partial charge in [0.2, 0.25) is 5.88 Å². The summed E-state index contributed by atoms with van der Waals surface area (Å²) in [6, 6.07) is 12.6. The molecule has 0 fully saturated rings. The molecule has 0 spiro atoms. The lowest BCUT2D eigenvalue weighted by atomic mass is 10.1. The minimum absolute atomic E-state index is 0.0946. The number of carboxylic acids is 1. The molecule has 0 radical (unpaired) electrons. The van der Waals surface area contributed by atoms with Crippen LogP contribution < -0.4 is 4.74 Å². The maximum absolute atomic E-state index is 13.2. The van der Waals surface area contributed by atoms with Crippen molar-refractivity contribution < 1.29 is 19.0 Å². The second kappa shape index (κ2) is 5.20. The summed E-state index contributed by atoms with van der Waals surface area (Å²) >= 11 is 0. The molecule has 21 heavy (non-hydrogen) atoms. The molecule has 4 nitrogen and oxygen atoms in total. The van der Waals surface area contributed by atoms with E-state index in [0.717, 1.165) is 0 Å². The average Bonchev–Trinajstić information content (AvgIpc) is 2.47. The minimum atomic E-state index is -1.06. The van der Waals surface area contributed by atoms with Crippen molar-refractivity contribution in [3.8, 4) is 11.6 Å². The second-order valence-electron chi connectivity index (χ2n) is 4.39. The Labute approximate surface area is 119 Å². The number of pyridine rings is 1. The van der Waals surface area contributed by atoms with Crippen LogP contribution in [0.15, 0.2) is 54.7 Å². The largest absolute Gasteiger partial charge is 0.478 e. The molecule has 3 rings (SSSR count). The van der Waals surface area contributed by atoms with Gasteiger partial charge in [0.15, 0.2) is 0 Å². The van der Waals surface area contributed by atoms with Crippen molar-refractivity contribution in [1.82, 2.24) is 4.98 Å². The zero-order valence-electron chi connectivity index (χ0n) is 10.8. The number of fused-ring (bicyclic) bond motifs is 1. The molecule has 0 atom stereocenters. The lowest BCUT2D eigenvalue weighted by Gasteiger charge is -2.09. The Morgan fingerprint density at radius 3 is 2.57 bits per heavy atom. The Morgan fingerprint density at radius 2 is 1.86 bits per heavy atom. The van der Waals surface area contributed by atoms with Gasteiger partial charge in [-0.1, -0.05) is 24.3 Å². The number of hydrogen-bond donors (Lipinski definition) is 1. The zero-order chi connectivity index (χ0) is 14.8.